The van der Waals surface area contributed by atoms with Gasteiger partial charge in [0.25, 0.3) is 0 Å². The molecule has 1 atom stereocenters. The average Bonchev–Trinajstić information content (AvgIpc) is 2.34. The summed E-state index contributed by atoms with van der Waals surface area (Å²) in [5, 5.41) is 17.5. The van der Waals surface area contributed by atoms with Gasteiger partial charge in [0.2, 0.25) is 0 Å². The largest absolute Gasteiger partial charge is 0.481 e. The lowest BCUT2D eigenvalue weighted by molar-refractivity contribution is -0.141. The van der Waals surface area contributed by atoms with Gasteiger partial charge in [-0.1, -0.05) is 26.7 Å². The number of carboxylic acids is 1. The molecule has 0 radical (unpaired) electrons. The lowest BCUT2D eigenvalue weighted by Gasteiger charge is -2.24. The Bertz CT molecular complexity index is 211. The second-order valence-corrected chi connectivity index (χ2v) is 4.58. The molecule has 1 unspecified atom stereocenters. The molecule has 0 fully saturated rings. The Morgan fingerprint density at radius 1 is 1.28 bits per heavy atom. The normalized spacial score (nSPS) is 12.9. The van der Waals surface area contributed by atoms with Crippen LogP contribution in [0.2, 0.25) is 0 Å². The second-order valence-electron chi connectivity index (χ2n) is 4.58. The van der Waals surface area contributed by atoms with Gasteiger partial charge in [0, 0.05) is 13.1 Å². The van der Waals surface area contributed by atoms with Gasteiger partial charge in [-0.25, -0.2) is 0 Å². The van der Waals surface area contributed by atoms with Crippen LogP contribution >= 0.6 is 0 Å². The van der Waals surface area contributed by atoms with E-state index >= 15 is 0 Å². The summed E-state index contributed by atoms with van der Waals surface area (Å²) in [7, 11) is 0. The van der Waals surface area contributed by atoms with E-state index < -0.39 is 5.97 Å². The zero-order valence-corrected chi connectivity index (χ0v) is 11.6. The van der Waals surface area contributed by atoms with Crippen molar-refractivity contribution in [2.75, 3.05) is 39.5 Å². The number of unbranched alkanes of at least 4 members (excludes halogenated alkanes) is 2. The molecule has 0 saturated carbocycles. The fourth-order valence-electron chi connectivity index (χ4n) is 1.71. The van der Waals surface area contributed by atoms with Crippen molar-refractivity contribution < 1.29 is 19.7 Å². The fourth-order valence-corrected chi connectivity index (χ4v) is 1.71. The standard InChI is InChI=1S/C13H27NO4/c1-3-4-5-6-14(7-9-18-10-8-15)11-12(2)13(16)17/h12,15H,3-11H2,1-2H3,(H,16,17). The molecular weight excluding hydrogens is 234 g/mol. The zero-order valence-electron chi connectivity index (χ0n) is 11.6. The third-order valence-corrected chi connectivity index (χ3v) is 2.82. The van der Waals surface area contributed by atoms with Crippen LogP contribution in [-0.2, 0) is 9.53 Å². The van der Waals surface area contributed by atoms with Crippen LogP contribution in [-0.4, -0.2) is 60.5 Å². The number of nitrogens with zero attached hydrogens (tertiary/aromatic N) is 1. The van der Waals surface area contributed by atoms with E-state index in [0.29, 0.717) is 19.8 Å². The third-order valence-electron chi connectivity index (χ3n) is 2.82. The predicted octanol–water partition coefficient (Wildman–Crippen LogP) is 1.21. The first-order chi connectivity index (χ1) is 8.61. The number of aliphatic hydroxyl groups is 1. The maximum atomic E-state index is 10.9. The molecule has 0 aliphatic heterocycles. The molecule has 108 valence electrons. The zero-order chi connectivity index (χ0) is 13.8. The smallest absolute Gasteiger partial charge is 0.307 e. The number of carbonyl (C=O) groups is 1. The predicted molar refractivity (Wildman–Crippen MR) is 70.7 cm³/mol. The summed E-state index contributed by atoms with van der Waals surface area (Å²) in [6.07, 6.45) is 3.40. The average molecular weight is 261 g/mol. The molecule has 18 heavy (non-hydrogen) atoms. The molecule has 0 aliphatic carbocycles. The van der Waals surface area contributed by atoms with Crippen molar-refractivity contribution in [3.05, 3.63) is 0 Å². The molecule has 0 saturated heterocycles. The Labute approximate surface area is 110 Å². The monoisotopic (exact) mass is 261 g/mol. The molecule has 0 spiro atoms. The number of aliphatic hydroxyl groups excluding tert-OH is 1. The summed E-state index contributed by atoms with van der Waals surface area (Å²) in [5.41, 5.74) is 0. The summed E-state index contributed by atoms with van der Waals surface area (Å²) in [4.78, 5) is 13.0. The summed E-state index contributed by atoms with van der Waals surface area (Å²) in [6.45, 7) is 6.98. The van der Waals surface area contributed by atoms with Crippen LogP contribution in [0.15, 0.2) is 0 Å². The number of carboxylic acid groups (broad SMARTS) is 1. The van der Waals surface area contributed by atoms with Crippen molar-refractivity contribution in [2.45, 2.75) is 33.1 Å². The van der Waals surface area contributed by atoms with Gasteiger partial charge in [-0.15, -0.1) is 0 Å². The Morgan fingerprint density at radius 2 is 2.00 bits per heavy atom. The minimum absolute atomic E-state index is 0.0291. The first-order valence-electron chi connectivity index (χ1n) is 6.75. The minimum atomic E-state index is -0.758. The molecule has 5 nitrogen and oxygen atoms in total. The Balaban J connectivity index is 3.94. The van der Waals surface area contributed by atoms with Crippen molar-refractivity contribution in [2.24, 2.45) is 5.92 Å². The van der Waals surface area contributed by atoms with Crippen LogP contribution in [0.1, 0.15) is 33.1 Å². The summed E-state index contributed by atoms with van der Waals surface area (Å²) in [5.74, 6) is -1.11. The van der Waals surface area contributed by atoms with Crippen molar-refractivity contribution in [3.8, 4) is 0 Å². The maximum absolute atomic E-state index is 10.9. The van der Waals surface area contributed by atoms with Crippen LogP contribution in [0.4, 0.5) is 0 Å². The van der Waals surface area contributed by atoms with Gasteiger partial charge in [0.15, 0.2) is 0 Å². The molecule has 0 rings (SSSR count). The Hall–Kier alpha value is -0.650. The van der Waals surface area contributed by atoms with E-state index in [0.717, 1.165) is 32.4 Å². The molecule has 5 heteroatoms. The first kappa shape index (κ1) is 17.4. The van der Waals surface area contributed by atoms with Gasteiger partial charge >= 0.3 is 5.97 Å². The molecule has 0 aromatic carbocycles. The van der Waals surface area contributed by atoms with E-state index in [9.17, 15) is 4.79 Å². The van der Waals surface area contributed by atoms with E-state index in [1.54, 1.807) is 6.92 Å². The van der Waals surface area contributed by atoms with Crippen LogP contribution in [0.3, 0.4) is 0 Å². The third kappa shape index (κ3) is 9.39. The number of rotatable bonds is 12. The van der Waals surface area contributed by atoms with Gasteiger partial charge in [-0.2, -0.15) is 0 Å². The maximum Gasteiger partial charge on any atom is 0.307 e. The summed E-state index contributed by atoms with van der Waals surface area (Å²) >= 11 is 0. The number of hydrogen-bond donors (Lipinski definition) is 2. The molecule has 0 bridgehead atoms. The van der Waals surface area contributed by atoms with E-state index in [2.05, 4.69) is 11.8 Å². The fraction of sp³-hybridized carbons (Fsp3) is 0.923. The number of aliphatic carboxylic acids is 1. The topological polar surface area (TPSA) is 70.0 Å². The molecule has 0 amide bonds. The van der Waals surface area contributed by atoms with Crippen molar-refractivity contribution in [3.63, 3.8) is 0 Å². The molecule has 0 heterocycles. The number of ether oxygens (including phenoxy) is 1. The van der Waals surface area contributed by atoms with Gasteiger partial charge in [0.05, 0.1) is 25.7 Å². The molecular formula is C13H27NO4. The minimum Gasteiger partial charge on any atom is -0.481 e. The first-order valence-corrected chi connectivity index (χ1v) is 6.75. The van der Waals surface area contributed by atoms with Crippen molar-refractivity contribution in [1.29, 1.82) is 0 Å². The molecule has 2 N–H and O–H groups in total. The molecule has 0 aromatic rings. The lowest BCUT2D eigenvalue weighted by atomic mass is 10.1. The van der Waals surface area contributed by atoms with Gasteiger partial charge in [0.1, 0.15) is 0 Å². The van der Waals surface area contributed by atoms with Crippen LogP contribution in [0, 0.1) is 5.92 Å². The Morgan fingerprint density at radius 3 is 2.56 bits per heavy atom. The SMILES string of the molecule is CCCCCN(CCOCCO)CC(C)C(=O)O. The van der Waals surface area contributed by atoms with Gasteiger partial charge < -0.3 is 19.8 Å². The van der Waals surface area contributed by atoms with E-state index in [4.69, 9.17) is 14.9 Å². The van der Waals surface area contributed by atoms with Gasteiger partial charge in [-0.05, 0) is 13.0 Å². The van der Waals surface area contributed by atoms with Gasteiger partial charge in [-0.3, -0.25) is 4.79 Å². The van der Waals surface area contributed by atoms with Crippen molar-refractivity contribution in [1.82, 2.24) is 4.90 Å². The van der Waals surface area contributed by atoms with E-state index in [-0.39, 0.29) is 12.5 Å². The molecule has 0 aromatic heterocycles. The highest BCUT2D eigenvalue weighted by atomic mass is 16.5. The summed E-state index contributed by atoms with van der Waals surface area (Å²) in [6, 6.07) is 0. The Kier molecular flexibility index (Phi) is 11.0. The number of hydrogen-bond acceptors (Lipinski definition) is 4. The quantitative estimate of drug-likeness (QED) is 0.517. The molecule has 0 aliphatic rings. The highest BCUT2D eigenvalue weighted by Gasteiger charge is 2.15. The summed E-state index contributed by atoms with van der Waals surface area (Å²) < 4.78 is 5.22. The van der Waals surface area contributed by atoms with E-state index in [1.165, 1.54) is 0 Å². The van der Waals surface area contributed by atoms with Crippen LogP contribution in [0.5, 0.6) is 0 Å². The van der Waals surface area contributed by atoms with Crippen molar-refractivity contribution >= 4 is 5.97 Å². The van der Waals surface area contributed by atoms with Crippen LogP contribution in [0.25, 0.3) is 0 Å². The lowest BCUT2D eigenvalue weighted by Crippen LogP contribution is -2.35. The highest BCUT2D eigenvalue weighted by Crippen LogP contribution is 2.04. The second kappa shape index (κ2) is 11.4. The van der Waals surface area contributed by atoms with Crippen LogP contribution < -0.4 is 0 Å². The highest BCUT2D eigenvalue weighted by molar-refractivity contribution is 5.69. The van der Waals surface area contributed by atoms with E-state index in [1.807, 2.05) is 0 Å².